The highest BCUT2D eigenvalue weighted by Gasteiger charge is 2.03. The third-order valence-corrected chi connectivity index (χ3v) is 3.12. The zero-order chi connectivity index (χ0) is 13.4. The molecule has 0 saturated carbocycles. The first-order valence-corrected chi connectivity index (χ1v) is 6.76. The molecule has 0 spiro atoms. The van der Waals surface area contributed by atoms with Crippen LogP contribution in [0.2, 0.25) is 0 Å². The zero-order valence-electron chi connectivity index (χ0n) is 11.5. The molecule has 0 fully saturated rings. The van der Waals surface area contributed by atoms with Gasteiger partial charge in [-0.25, -0.2) is 0 Å². The van der Waals surface area contributed by atoms with Crippen LogP contribution in [-0.4, -0.2) is 12.5 Å². The Balaban J connectivity index is 2.44. The van der Waals surface area contributed by atoms with Gasteiger partial charge in [0.2, 0.25) is 5.91 Å². The van der Waals surface area contributed by atoms with Crippen molar-refractivity contribution in [1.29, 1.82) is 0 Å². The maximum Gasteiger partial charge on any atom is 0.224 e. The maximum atomic E-state index is 11.7. The van der Waals surface area contributed by atoms with E-state index in [1.807, 2.05) is 6.07 Å². The number of rotatable bonds is 7. The number of unbranched alkanes of at least 4 members (excludes halogenated alkanes) is 2. The van der Waals surface area contributed by atoms with Gasteiger partial charge in [-0.3, -0.25) is 4.79 Å². The van der Waals surface area contributed by atoms with Gasteiger partial charge in [-0.05, 0) is 56.0 Å². The first kappa shape index (κ1) is 14.7. The summed E-state index contributed by atoms with van der Waals surface area (Å²) in [4.78, 5) is 11.7. The Morgan fingerprint density at radius 1 is 1.28 bits per heavy atom. The van der Waals surface area contributed by atoms with Crippen molar-refractivity contribution in [1.82, 2.24) is 0 Å². The molecule has 0 aromatic heterocycles. The largest absolute Gasteiger partial charge is 0.330 e. The van der Waals surface area contributed by atoms with Crippen molar-refractivity contribution in [3.8, 4) is 0 Å². The summed E-state index contributed by atoms with van der Waals surface area (Å²) < 4.78 is 0. The molecule has 0 aliphatic rings. The number of benzene rings is 1. The van der Waals surface area contributed by atoms with E-state index in [1.54, 1.807) is 0 Å². The maximum absolute atomic E-state index is 11.7. The van der Waals surface area contributed by atoms with Gasteiger partial charge >= 0.3 is 0 Å². The fourth-order valence-electron chi connectivity index (χ4n) is 1.96. The molecule has 1 rings (SSSR count). The number of nitrogens with one attached hydrogen (secondary N) is 1. The third kappa shape index (κ3) is 4.88. The van der Waals surface area contributed by atoms with E-state index in [0.717, 1.165) is 31.4 Å². The smallest absolute Gasteiger partial charge is 0.224 e. The summed E-state index contributed by atoms with van der Waals surface area (Å²) in [6.45, 7) is 4.93. The molecule has 1 amide bonds. The predicted molar refractivity (Wildman–Crippen MR) is 76.7 cm³/mol. The van der Waals surface area contributed by atoms with Gasteiger partial charge in [0.1, 0.15) is 0 Å². The lowest BCUT2D eigenvalue weighted by molar-refractivity contribution is -0.116. The summed E-state index contributed by atoms with van der Waals surface area (Å²) >= 11 is 0. The molecule has 3 heteroatoms. The number of aryl methyl sites for hydroxylation is 2. The highest BCUT2D eigenvalue weighted by Crippen LogP contribution is 2.16. The Hall–Kier alpha value is -1.35. The quantitative estimate of drug-likeness (QED) is 0.729. The zero-order valence-corrected chi connectivity index (χ0v) is 11.5. The average molecular weight is 248 g/mol. The van der Waals surface area contributed by atoms with Gasteiger partial charge in [0, 0.05) is 12.1 Å². The van der Waals surface area contributed by atoms with Gasteiger partial charge in [0.05, 0.1) is 0 Å². The molecular weight excluding hydrogens is 224 g/mol. The fraction of sp³-hybridized carbons (Fsp3) is 0.533. The minimum absolute atomic E-state index is 0.0953. The van der Waals surface area contributed by atoms with Gasteiger partial charge in [-0.2, -0.15) is 0 Å². The van der Waals surface area contributed by atoms with Crippen LogP contribution in [0, 0.1) is 6.92 Å². The molecule has 0 heterocycles. The van der Waals surface area contributed by atoms with E-state index in [0.29, 0.717) is 13.0 Å². The Kier molecular flexibility index (Phi) is 6.44. The molecule has 3 nitrogen and oxygen atoms in total. The minimum Gasteiger partial charge on any atom is -0.330 e. The highest BCUT2D eigenvalue weighted by molar-refractivity contribution is 5.90. The van der Waals surface area contributed by atoms with E-state index in [1.165, 1.54) is 11.1 Å². The number of anilines is 1. The number of nitrogens with two attached hydrogens (primary N) is 1. The summed E-state index contributed by atoms with van der Waals surface area (Å²) in [5.74, 6) is 0.0953. The standard InChI is InChI=1S/C15H24N2O/c1-3-13-11-14(9-8-12(13)2)17-15(18)7-5-4-6-10-16/h8-9,11H,3-7,10,16H2,1-2H3,(H,17,18). The summed E-state index contributed by atoms with van der Waals surface area (Å²) in [6.07, 6.45) is 4.51. The number of hydrogen-bond donors (Lipinski definition) is 2. The van der Waals surface area contributed by atoms with Gasteiger partial charge < -0.3 is 11.1 Å². The molecule has 0 bridgehead atoms. The molecule has 3 N–H and O–H groups in total. The van der Waals surface area contributed by atoms with Crippen molar-refractivity contribution in [2.24, 2.45) is 5.73 Å². The Morgan fingerprint density at radius 2 is 2.06 bits per heavy atom. The Labute approximate surface area is 110 Å². The van der Waals surface area contributed by atoms with Crippen molar-refractivity contribution in [2.45, 2.75) is 46.0 Å². The van der Waals surface area contributed by atoms with Crippen LogP contribution in [0.1, 0.15) is 43.7 Å². The lowest BCUT2D eigenvalue weighted by Crippen LogP contribution is -2.11. The fourth-order valence-corrected chi connectivity index (χ4v) is 1.96. The van der Waals surface area contributed by atoms with E-state index in [4.69, 9.17) is 5.73 Å². The van der Waals surface area contributed by atoms with Crippen molar-refractivity contribution in [2.75, 3.05) is 11.9 Å². The summed E-state index contributed by atoms with van der Waals surface area (Å²) in [5, 5.41) is 2.95. The van der Waals surface area contributed by atoms with Crippen LogP contribution in [0.15, 0.2) is 18.2 Å². The Bertz CT molecular complexity index is 388. The van der Waals surface area contributed by atoms with E-state index in [9.17, 15) is 4.79 Å². The molecular formula is C15H24N2O. The minimum atomic E-state index is 0.0953. The Morgan fingerprint density at radius 3 is 2.72 bits per heavy atom. The molecule has 0 radical (unpaired) electrons. The summed E-state index contributed by atoms with van der Waals surface area (Å²) in [6, 6.07) is 6.09. The highest BCUT2D eigenvalue weighted by atomic mass is 16.1. The summed E-state index contributed by atoms with van der Waals surface area (Å²) in [7, 11) is 0. The third-order valence-electron chi connectivity index (χ3n) is 3.12. The molecule has 0 aliphatic carbocycles. The van der Waals surface area contributed by atoms with Crippen LogP contribution in [0.5, 0.6) is 0 Å². The summed E-state index contributed by atoms with van der Waals surface area (Å²) in [5.41, 5.74) is 8.88. The number of amides is 1. The molecule has 0 saturated heterocycles. The molecule has 0 aliphatic heterocycles. The normalized spacial score (nSPS) is 10.4. The van der Waals surface area contributed by atoms with Gasteiger partial charge in [-0.1, -0.05) is 19.4 Å². The van der Waals surface area contributed by atoms with Gasteiger partial charge in [0.25, 0.3) is 0 Å². The van der Waals surface area contributed by atoms with E-state index in [2.05, 4.69) is 31.3 Å². The molecule has 0 unspecified atom stereocenters. The first-order valence-electron chi connectivity index (χ1n) is 6.76. The van der Waals surface area contributed by atoms with Crippen molar-refractivity contribution in [3.05, 3.63) is 29.3 Å². The van der Waals surface area contributed by atoms with E-state index >= 15 is 0 Å². The van der Waals surface area contributed by atoms with Crippen LogP contribution >= 0.6 is 0 Å². The second-order valence-corrected chi connectivity index (χ2v) is 4.64. The molecule has 18 heavy (non-hydrogen) atoms. The molecule has 0 atom stereocenters. The van der Waals surface area contributed by atoms with Crippen LogP contribution in [0.3, 0.4) is 0 Å². The van der Waals surface area contributed by atoms with Gasteiger partial charge in [-0.15, -0.1) is 0 Å². The number of hydrogen-bond acceptors (Lipinski definition) is 2. The van der Waals surface area contributed by atoms with Crippen molar-refractivity contribution < 1.29 is 4.79 Å². The molecule has 1 aromatic carbocycles. The monoisotopic (exact) mass is 248 g/mol. The molecule has 1 aromatic rings. The number of carbonyl (C=O) groups is 1. The second kappa shape index (κ2) is 7.88. The van der Waals surface area contributed by atoms with Gasteiger partial charge in [0.15, 0.2) is 0 Å². The lowest BCUT2D eigenvalue weighted by Gasteiger charge is -2.09. The lowest BCUT2D eigenvalue weighted by atomic mass is 10.1. The van der Waals surface area contributed by atoms with Crippen LogP contribution in [-0.2, 0) is 11.2 Å². The first-order chi connectivity index (χ1) is 8.67. The van der Waals surface area contributed by atoms with E-state index in [-0.39, 0.29) is 5.91 Å². The van der Waals surface area contributed by atoms with Crippen LogP contribution < -0.4 is 11.1 Å². The van der Waals surface area contributed by atoms with Crippen LogP contribution in [0.25, 0.3) is 0 Å². The van der Waals surface area contributed by atoms with Crippen molar-refractivity contribution >= 4 is 11.6 Å². The van der Waals surface area contributed by atoms with Crippen molar-refractivity contribution in [3.63, 3.8) is 0 Å². The SMILES string of the molecule is CCc1cc(NC(=O)CCCCCN)ccc1C. The number of carbonyl (C=O) groups excluding carboxylic acids is 1. The topological polar surface area (TPSA) is 55.1 Å². The van der Waals surface area contributed by atoms with Crippen LogP contribution in [0.4, 0.5) is 5.69 Å². The predicted octanol–water partition coefficient (Wildman–Crippen LogP) is 3.02. The van der Waals surface area contributed by atoms with E-state index < -0.39 is 0 Å². The second-order valence-electron chi connectivity index (χ2n) is 4.64. The average Bonchev–Trinajstić information content (AvgIpc) is 2.37. The molecule has 100 valence electrons.